The van der Waals surface area contributed by atoms with Crippen LogP contribution in [0.25, 0.3) is 16.9 Å². The summed E-state index contributed by atoms with van der Waals surface area (Å²) in [6, 6.07) is 15.9. The lowest BCUT2D eigenvalue weighted by Crippen LogP contribution is -2.32. The number of methoxy groups -OCH3 is 2. The Morgan fingerprint density at radius 3 is 2.50 bits per heavy atom. The lowest BCUT2D eigenvalue weighted by molar-refractivity contribution is 0.164. The number of benzene rings is 2. The molecule has 5 nitrogen and oxygen atoms in total. The minimum Gasteiger partial charge on any atom is -0.497 e. The van der Waals surface area contributed by atoms with E-state index in [0.717, 1.165) is 34.7 Å². The summed E-state index contributed by atoms with van der Waals surface area (Å²) in [6.45, 7) is 3.50. The smallest absolute Gasteiger partial charge is 0.119 e. The molecule has 0 aliphatic rings. The third-order valence-corrected chi connectivity index (χ3v) is 5.03. The molecule has 0 unspecified atom stereocenters. The van der Waals surface area contributed by atoms with Crippen molar-refractivity contribution in [3.05, 3.63) is 65.3 Å². The van der Waals surface area contributed by atoms with Crippen molar-refractivity contribution < 1.29 is 9.47 Å². The van der Waals surface area contributed by atoms with Crippen molar-refractivity contribution in [2.24, 2.45) is 0 Å². The first-order valence-electron chi connectivity index (χ1n) is 9.36. The predicted molar refractivity (Wildman–Crippen MR) is 113 cm³/mol. The average molecular weight is 400 g/mol. The Balaban J connectivity index is 1.95. The first-order chi connectivity index (χ1) is 13.7. The molecule has 6 heteroatoms. The third kappa shape index (κ3) is 4.73. The van der Waals surface area contributed by atoms with Crippen molar-refractivity contribution in [2.75, 3.05) is 20.8 Å². The molecule has 2 aromatic carbocycles. The number of halogens is 1. The van der Waals surface area contributed by atoms with Gasteiger partial charge >= 0.3 is 0 Å². The SMILES string of the molecule is CC[C@@H](COC)NCc1cn(-c2ccc(OC)cc2)nc1-c1ccccc1Cl. The van der Waals surface area contributed by atoms with Gasteiger partial charge in [-0.05, 0) is 36.8 Å². The Morgan fingerprint density at radius 2 is 1.86 bits per heavy atom. The Morgan fingerprint density at radius 1 is 1.11 bits per heavy atom. The summed E-state index contributed by atoms with van der Waals surface area (Å²) in [7, 11) is 3.38. The summed E-state index contributed by atoms with van der Waals surface area (Å²) < 4.78 is 12.4. The van der Waals surface area contributed by atoms with Crippen molar-refractivity contribution >= 4 is 11.6 Å². The second-order valence-corrected chi connectivity index (χ2v) is 6.97. The summed E-state index contributed by atoms with van der Waals surface area (Å²) in [5.41, 5.74) is 3.84. The molecule has 0 radical (unpaired) electrons. The molecule has 0 amide bonds. The fourth-order valence-electron chi connectivity index (χ4n) is 3.06. The number of rotatable bonds is 9. The molecular weight excluding hydrogens is 374 g/mol. The fourth-order valence-corrected chi connectivity index (χ4v) is 3.29. The Bertz CT molecular complexity index is 893. The highest BCUT2D eigenvalue weighted by Crippen LogP contribution is 2.30. The molecule has 1 heterocycles. The fraction of sp³-hybridized carbons (Fsp3) is 0.318. The maximum Gasteiger partial charge on any atom is 0.119 e. The van der Waals surface area contributed by atoms with Crippen LogP contribution < -0.4 is 10.1 Å². The first-order valence-corrected chi connectivity index (χ1v) is 9.74. The number of hydrogen-bond acceptors (Lipinski definition) is 4. The zero-order valence-electron chi connectivity index (χ0n) is 16.5. The topological polar surface area (TPSA) is 48.3 Å². The lowest BCUT2D eigenvalue weighted by atomic mass is 10.1. The van der Waals surface area contributed by atoms with Crippen LogP contribution >= 0.6 is 11.6 Å². The molecule has 148 valence electrons. The minimum absolute atomic E-state index is 0.286. The van der Waals surface area contributed by atoms with E-state index in [-0.39, 0.29) is 6.04 Å². The average Bonchev–Trinajstić information content (AvgIpc) is 3.15. The van der Waals surface area contributed by atoms with Crippen molar-refractivity contribution in [1.29, 1.82) is 0 Å². The van der Waals surface area contributed by atoms with Crippen LogP contribution in [0.3, 0.4) is 0 Å². The molecule has 0 saturated heterocycles. The van der Waals surface area contributed by atoms with Crippen LogP contribution in [-0.4, -0.2) is 36.6 Å². The van der Waals surface area contributed by atoms with Gasteiger partial charge in [0.25, 0.3) is 0 Å². The largest absolute Gasteiger partial charge is 0.497 e. The molecule has 0 bridgehead atoms. The number of hydrogen-bond donors (Lipinski definition) is 1. The minimum atomic E-state index is 0.286. The van der Waals surface area contributed by atoms with Gasteiger partial charge in [0.2, 0.25) is 0 Å². The van der Waals surface area contributed by atoms with Gasteiger partial charge < -0.3 is 14.8 Å². The van der Waals surface area contributed by atoms with Crippen LogP contribution in [0.15, 0.2) is 54.7 Å². The van der Waals surface area contributed by atoms with E-state index in [1.54, 1.807) is 14.2 Å². The molecule has 1 N–H and O–H groups in total. The van der Waals surface area contributed by atoms with Crippen LogP contribution in [0.4, 0.5) is 0 Å². The predicted octanol–water partition coefficient (Wildman–Crippen LogP) is 4.72. The lowest BCUT2D eigenvalue weighted by Gasteiger charge is -2.15. The van der Waals surface area contributed by atoms with Gasteiger partial charge in [-0.3, -0.25) is 0 Å². The molecule has 3 rings (SSSR count). The van der Waals surface area contributed by atoms with E-state index in [9.17, 15) is 0 Å². The molecule has 0 saturated carbocycles. The van der Waals surface area contributed by atoms with Gasteiger partial charge in [0.15, 0.2) is 0 Å². The zero-order chi connectivity index (χ0) is 19.9. The van der Waals surface area contributed by atoms with Crippen LogP contribution in [0, 0.1) is 0 Å². The van der Waals surface area contributed by atoms with Gasteiger partial charge in [0.05, 0.1) is 30.1 Å². The van der Waals surface area contributed by atoms with Gasteiger partial charge in [0.1, 0.15) is 5.75 Å². The molecule has 3 aromatic rings. The number of nitrogens with zero attached hydrogens (tertiary/aromatic N) is 2. The highest BCUT2D eigenvalue weighted by Gasteiger charge is 2.16. The molecule has 1 aromatic heterocycles. The molecule has 1 atom stereocenters. The van der Waals surface area contributed by atoms with Gasteiger partial charge in [-0.1, -0.05) is 36.7 Å². The standard InChI is InChI=1S/C22H26ClN3O2/c1-4-17(15-27-2)24-13-16-14-26(18-9-11-19(28-3)12-10-18)25-22(16)20-7-5-6-8-21(20)23/h5-12,14,17,24H,4,13,15H2,1-3H3/t17-/m0/s1. The summed E-state index contributed by atoms with van der Waals surface area (Å²) in [5, 5.41) is 9.08. The monoisotopic (exact) mass is 399 g/mol. The normalized spacial score (nSPS) is 12.1. The molecule has 0 aliphatic carbocycles. The second-order valence-electron chi connectivity index (χ2n) is 6.57. The zero-order valence-corrected chi connectivity index (χ0v) is 17.2. The number of aromatic nitrogens is 2. The second kappa shape index (κ2) is 9.73. The van der Waals surface area contributed by atoms with Crippen LogP contribution in [0.1, 0.15) is 18.9 Å². The maximum absolute atomic E-state index is 6.46. The van der Waals surface area contributed by atoms with Gasteiger partial charge in [-0.15, -0.1) is 0 Å². The molecule has 0 fully saturated rings. The third-order valence-electron chi connectivity index (χ3n) is 4.70. The van der Waals surface area contributed by atoms with Crippen molar-refractivity contribution in [1.82, 2.24) is 15.1 Å². The van der Waals surface area contributed by atoms with Crippen molar-refractivity contribution in [3.8, 4) is 22.7 Å². The van der Waals surface area contributed by atoms with E-state index in [4.69, 9.17) is 26.2 Å². The van der Waals surface area contributed by atoms with E-state index in [1.807, 2.05) is 59.4 Å². The highest BCUT2D eigenvalue weighted by atomic mass is 35.5. The van der Waals surface area contributed by atoms with E-state index in [2.05, 4.69) is 12.2 Å². The van der Waals surface area contributed by atoms with Crippen molar-refractivity contribution in [3.63, 3.8) is 0 Å². The van der Waals surface area contributed by atoms with E-state index < -0.39 is 0 Å². The summed E-state index contributed by atoms with van der Waals surface area (Å²) >= 11 is 6.46. The molecule has 28 heavy (non-hydrogen) atoms. The van der Waals surface area contributed by atoms with Crippen LogP contribution in [-0.2, 0) is 11.3 Å². The Hall–Kier alpha value is -2.34. The van der Waals surface area contributed by atoms with E-state index >= 15 is 0 Å². The maximum atomic E-state index is 6.46. The summed E-state index contributed by atoms with van der Waals surface area (Å²) in [5.74, 6) is 0.814. The number of nitrogens with one attached hydrogen (secondary N) is 1. The summed E-state index contributed by atoms with van der Waals surface area (Å²) in [6.07, 6.45) is 3.04. The van der Waals surface area contributed by atoms with E-state index in [0.29, 0.717) is 18.2 Å². The Labute approximate surface area is 171 Å². The summed E-state index contributed by atoms with van der Waals surface area (Å²) in [4.78, 5) is 0. The molecule has 0 spiro atoms. The van der Waals surface area contributed by atoms with Gasteiger partial charge in [0, 0.05) is 37.0 Å². The Kier molecular flexibility index (Phi) is 7.09. The first kappa shape index (κ1) is 20.4. The quantitative estimate of drug-likeness (QED) is 0.565. The van der Waals surface area contributed by atoms with Crippen molar-refractivity contribution in [2.45, 2.75) is 25.9 Å². The van der Waals surface area contributed by atoms with Gasteiger partial charge in [-0.2, -0.15) is 5.10 Å². The highest BCUT2D eigenvalue weighted by molar-refractivity contribution is 6.33. The van der Waals surface area contributed by atoms with Crippen LogP contribution in [0.5, 0.6) is 5.75 Å². The number of ether oxygens (including phenoxy) is 2. The van der Waals surface area contributed by atoms with Gasteiger partial charge in [-0.25, -0.2) is 4.68 Å². The van der Waals surface area contributed by atoms with E-state index in [1.165, 1.54) is 0 Å². The molecular formula is C22H26ClN3O2. The van der Waals surface area contributed by atoms with Crippen LogP contribution in [0.2, 0.25) is 5.02 Å². The molecule has 0 aliphatic heterocycles.